The van der Waals surface area contributed by atoms with Crippen molar-refractivity contribution in [3.05, 3.63) is 119 Å². The third kappa shape index (κ3) is 20.9. The molecular weight excluding hydrogens is 979 g/mol. The molecule has 4 rings (SSSR count). The number of hydrogen-bond acceptors (Lipinski definition) is 14. The Hall–Kier alpha value is -9.02. The number of guanidine groups is 1. The molecule has 0 heterocycles. The van der Waals surface area contributed by atoms with Crippen LogP contribution >= 0.6 is 0 Å². The number of carboxylic acids is 4. The number of aliphatic carboxylic acids is 4. The van der Waals surface area contributed by atoms with E-state index in [0.717, 1.165) is 54.7 Å². The number of nitrogens with zero attached hydrogens (tertiary/aromatic N) is 4. The van der Waals surface area contributed by atoms with Gasteiger partial charge < -0.3 is 56.6 Å². The van der Waals surface area contributed by atoms with Crippen LogP contribution in [0.2, 0.25) is 0 Å². The number of unbranched alkanes of at least 4 members (excludes halogenated alkanes) is 9. The maximum Gasteiger partial charge on any atom is 0.410 e. The largest absolute Gasteiger partial charge is 0.481 e. The lowest BCUT2D eigenvalue weighted by molar-refractivity contribution is -0.149. The highest BCUT2D eigenvalue weighted by atomic mass is 16.6. The monoisotopic (exact) mass is 1040 g/mol. The first kappa shape index (κ1) is 58.5. The van der Waals surface area contributed by atoms with Crippen molar-refractivity contribution in [2.75, 3.05) is 13.1 Å². The van der Waals surface area contributed by atoms with Crippen LogP contribution in [0, 0.1) is 0 Å². The fraction of sp³-hybridized carbons (Fsp3) is 0.346. The Kier molecular flexibility index (Phi) is 24.0. The van der Waals surface area contributed by atoms with Gasteiger partial charge in [-0.2, -0.15) is 0 Å². The van der Waals surface area contributed by atoms with Gasteiger partial charge in [-0.25, -0.2) is 38.8 Å². The van der Waals surface area contributed by atoms with Crippen LogP contribution in [0.4, 0.5) is 21.0 Å². The van der Waals surface area contributed by atoms with E-state index in [1.807, 2.05) is 0 Å². The van der Waals surface area contributed by atoms with Crippen molar-refractivity contribution in [3.63, 3.8) is 0 Å². The van der Waals surface area contributed by atoms with E-state index in [1.54, 1.807) is 36.4 Å². The summed E-state index contributed by atoms with van der Waals surface area (Å²) >= 11 is 0. The highest BCUT2D eigenvalue weighted by molar-refractivity contribution is 5.92. The molecule has 4 aromatic carbocycles. The van der Waals surface area contributed by atoms with Crippen molar-refractivity contribution in [2.24, 2.45) is 27.2 Å². The molecule has 0 aliphatic rings. The van der Waals surface area contributed by atoms with Crippen LogP contribution in [0.5, 0.6) is 11.5 Å². The summed E-state index contributed by atoms with van der Waals surface area (Å²) in [5, 5.41) is 38.5. The quantitative estimate of drug-likeness (QED) is 0.00878. The van der Waals surface area contributed by atoms with E-state index in [1.165, 1.54) is 60.7 Å². The van der Waals surface area contributed by atoms with E-state index < -0.39 is 72.9 Å². The van der Waals surface area contributed by atoms with Gasteiger partial charge in [0.2, 0.25) is 0 Å². The number of carboxylic acid groups (broad SMARTS) is 4. The molecule has 2 unspecified atom stereocenters. The van der Waals surface area contributed by atoms with Crippen molar-refractivity contribution < 1.29 is 77.7 Å². The van der Waals surface area contributed by atoms with Gasteiger partial charge in [-0.3, -0.25) is 19.4 Å². The molecule has 0 aliphatic carbocycles. The van der Waals surface area contributed by atoms with Crippen LogP contribution in [0.1, 0.15) is 109 Å². The van der Waals surface area contributed by atoms with E-state index in [4.69, 9.17) is 36.1 Å². The summed E-state index contributed by atoms with van der Waals surface area (Å²) in [5.74, 6) is -6.79. The number of benzene rings is 4. The Bertz CT molecular complexity index is 2600. The first-order chi connectivity index (χ1) is 35.9. The third-order valence-corrected chi connectivity index (χ3v) is 11.3. The number of aliphatic imine (C=N–C) groups is 2. The van der Waals surface area contributed by atoms with E-state index in [2.05, 4.69) is 9.98 Å². The Balaban J connectivity index is 1.17. The van der Waals surface area contributed by atoms with Gasteiger partial charge in [0, 0.05) is 13.1 Å². The molecule has 0 bridgehead atoms. The molecule has 0 saturated carbocycles. The maximum atomic E-state index is 13.2. The van der Waals surface area contributed by atoms with Gasteiger partial charge in [0.25, 0.3) is 0 Å². The predicted octanol–water partition coefficient (Wildman–Crippen LogP) is 6.98. The van der Waals surface area contributed by atoms with Gasteiger partial charge in [0.1, 0.15) is 36.8 Å². The van der Waals surface area contributed by atoms with Crippen molar-refractivity contribution in [3.8, 4) is 11.5 Å². The molecule has 2 amide bonds. The van der Waals surface area contributed by atoms with E-state index in [9.17, 15) is 58.8 Å². The van der Waals surface area contributed by atoms with E-state index in [-0.39, 0.29) is 54.9 Å². The molecule has 75 heavy (non-hydrogen) atoms. The lowest BCUT2D eigenvalue weighted by Gasteiger charge is -2.27. The zero-order valence-electron chi connectivity index (χ0n) is 41.0. The summed E-state index contributed by atoms with van der Waals surface area (Å²) in [5.41, 5.74) is 18.5. The molecule has 23 heteroatoms. The summed E-state index contributed by atoms with van der Waals surface area (Å²) < 4.78 is 21.6. The molecule has 0 spiro atoms. The lowest BCUT2D eigenvalue weighted by atomic mass is 10.1. The molecule has 2 atom stereocenters. The molecule has 0 aromatic heterocycles. The van der Waals surface area contributed by atoms with Gasteiger partial charge >= 0.3 is 48.0 Å². The van der Waals surface area contributed by atoms with Gasteiger partial charge in [0.05, 0.1) is 41.7 Å². The van der Waals surface area contributed by atoms with Crippen LogP contribution in [0.3, 0.4) is 0 Å². The van der Waals surface area contributed by atoms with Crippen LogP contribution in [0.15, 0.2) is 107 Å². The molecule has 0 aliphatic heterocycles. The zero-order chi connectivity index (χ0) is 54.7. The topological polar surface area (TPSA) is 364 Å². The average Bonchev–Trinajstić information content (AvgIpc) is 3.37. The number of hydrogen-bond donors (Lipinski definition) is 7. The van der Waals surface area contributed by atoms with Crippen LogP contribution in [-0.2, 0) is 41.9 Å². The maximum absolute atomic E-state index is 13.2. The Morgan fingerprint density at radius 3 is 1.16 bits per heavy atom. The first-order valence-corrected chi connectivity index (χ1v) is 23.9. The highest BCUT2D eigenvalue weighted by Gasteiger charge is 2.34. The van der Waals surface area contributed by atoms with E-state index >= 15 is 0 Å². The van der Waals surface area contributed by atoms with Crippen LogP contribution < -0.4 is 26.7 Å². The summed E-state index contributed by atoms with van der Waals surface area (Å²) in [6, 6.07) is 21.1. The average molecular weight is 1040 g/mol. The molecule has 400 valence electrons. The van der Waals surface area contributed by atoms with Crippen LogP contribution in [0.25, 0.3) is 0 Å². The van der Waals surface area contributed by atoms with Gasteiger partial charge in [-0.1, -0.05) is 75.6 Å². The number of ether oxygens (including phenoxy) is 4. The smallest absolute Gasteiger partial charge is 0.410 e. The molecular formula is C52H61N7O16. The fourth-order valence-electron chi connectivity index (χ4n) is 7.41. The second-order valence-electron chi connectivity index (χ2n) is 16.9. The Morgan fingerprint density at radius 1 is 0.493 bits per heavy atom. The lowest BCUT2D eigenvalue weighted by Crippen LogP contribution is -2.47. The van der Waals surface area contributed by atoms with Crippen molar-refractivity contribution in [1.29, 1.82) is 0 Å². The van der Waals surface area contributed by atoms with Crippen molar-refractivity contribution >= 4 is 71.7 Å². The van der Waals surface area contributed by atoms with E-state index in [0.29, 0.717) is 48.2 Å². The molecule has 23 nitrogen and oxygen atoms in total. The summed E-state index contributed by atoms with van der Waals surface area (Å²) in [7, 11) is 0. The number of carbonyl (C=O) groups is 8. The summed E-state index contributed by atoms with van der Waals surface area (Å²) in [6.07, 6.45) is 4.28. The minimum absolute atomic E-state index is 0.0647. The SMILES string of the molecule is NC=Nc1ccc(C(=O)Oc2ccc(COC(=O)N(CCCCCCCCCCCCN(C(=O)OCc3ccc(OC(=O)c4ccc(N=C(N)N)cc4)cc3)C(CC(=O)O)C(=O)O)C(CC(=O)O)C(=O)O)cc2)cc1. The summed E-state index contributed by atoms with van der Waals surface area (Å²) in [6.45, 7) is -0.683. The zero-order valence-corrected chi connectivity index (χ0v) is 41.0. The van der Waals surface area contributed by atoms with Gasteiger partial charge in [0.15, 0.2) is 5.96 Å². The van der Waals surface area contributed by atoms with Gasteiger partial charge in [-0.15, -0.1) is 0 Å². The second-order valence-corrected chi connectivity index (χ2v) is 16.9. The number of nitrogens with two attached hydrogens (primary N) is 3. The van der Waals surface area contributed by atoms with Crippen molar-refractivity contribution in [1.82, 2.24) is 9.80 Å². The molecule has 0 radical (unpaired) electrons. The minimum atomic E-state index is -1.67. The van der Waals surface area contributed by atoms with Crippen LogP contribution in [-0.4, -0.2) is 116 Å². The van der Waals surface area contributed by atoms with Crippen molar-refractivity contribution in [2.45, 2.75) is 102 Å². The minimum Gasteiger partial charge on any atom is -0.481 e. The Labute approximate surface area is 431 Å². The molecule has 0 saturated heterocycles. The number of esters is 2. The van der Waals surface area contributed by atoms with Gasteiger partial charge in [-0.05, 0) is 96.8 Å². The molecule has 10 N–H and O–H groups in total. The molecule has 4 aromatic rings. The summed E-state index contributed by atoms with van der Waals surface area (Å²) in [4.78, 5) is 108. The Morgan fingerprint density at radius 2 is 0.840 bits per heavy atom. The number of rotatable bonds is 31. The number of carbonyl (C=O) groups excluding carboxylic acids is 4. The highest BCUT2D eigenvalue weighted by Crippen LogP contribution is 2.22. The third-order valence-electron chi connectivity index (χ3n) is 11.3. The number of amides is 2. The standard InChI is InChI=1S/C52H61N7O16/c53-33-56-38-19-15-36(16-20-38)48(68)74-40-23-11-34(12-24-40)31-72-51(70)58(42(46(64)65)29-44(60)61)27-9-7-5-3-1-2-4-6-8-10-28-59(43(47(66)67)30-45(62)63)52(71)73-32-35-13-25-41(26-14-35)75-49(69)37-17-21-39(22-18-37)57-50(54)55/h11-26,33,42-43H,1-10,27-32H2,(H2,53,56)(H,60,61)(H,62,63)(H,64,65)(H,66,67)(H4,54,55,57). The predicted molar refractivity (Wildman–Crippen MR) is 271 cm³/mol. The first-order valence-electron chi connectivity index (χ1n) is 23.9. The normalized spacial score (nSPS) is 11.6. The fourth-order valence-corrected chi connectivity index (χ4v) is 7.41. The molecule has 0 fully saturated rings. The second kappa shape index (κ2) is 30.8.